The molecule has 5 heteroatoms. The monoisotopic (exact) mass is 325 g/mol. The summed E-state index contributed by atoms with van der Waals surface area (Å²) in [7, 11) is 0. The molecule has 128 valence electrons. The van der Waals surface area contributed by atoms with Crippen molar-refractivity contribution in [2.75, 3.05) is 10.6 Å². The van der Waals surface area contributed by atoms with E-state index in [4.69, 9.17) is 0 Å². The number of hydrogen-bond acceptors (Lipinski definition) is 5. The molecule has 0 spiro atoms. The SMILES string of the molecule is CC(C)c1ccccc1Nc1nncc(NC2CCCCCC2)n1. The second-order valence-electron chi connectivity index (χ2n) is 6.86. The van der Waals surface area contributed by atoms with Gasteiger partial charge in [-0.25, -0.2) is 0 Å². The molecular weight excluding hydrogens is 298 g/mol. The molecule has 0 aliphatic heterocycles. The third-order valence-corrected chi connectivity index (χ3v) is 4.60. The van der Waals surface area contributed by atoms with Gasteiger partial charge in [-0.3, -0.25) is 0 Å². The van der Waals surface area contributed by atoms with E-state index in [0.29, 0.717) is 17.9 Å². The van der Waals surface area contributed by atoms with Crippen LogP contribution in [0.3, 0.4) is 0 Å². The minimum Gasteiger partial charge on any atom is -0.366 e. The molecule has 0 saturated heterocycles. The molecule has 0 atom stereocenters. The minimum atomic E-state index is 0.439. The Hall–Kier alpha value is -2.17. The van der Waals surface area contributed by atoms with Crippen molar-refractivity contribution in [3.8, 4) is 0 Å². The van der Waals surface area contributed by atoms with E-state index in [-0.39, 0.29) is 0 Å². The zero-order valence-electron chi connectivity index (χ0n) is 14.6. The highest BCUT2D eigenvalue weighted by molar-refractivity contribution is 5.59. The second-order valence-corrected chi connectivity index (χ2v) is 6.86. The molecule has 24 heavy (non-hydrogen) atoms. The van der Waals surface area contributed by atoms with Gasteiger partial charge in [0.15, 0.2) is 5.82 Å². The second kappa shape index (κ2) is 8.08. The zero-order valence-corrected chi connectivity index (χ0v) is 14.6. The maximum absolute atomic E-state index is 4.60. The van der Waals surface area contributed by atoms with Crippen LogP contribution in [0.15, 0.2) is 30.5 Å². The summed E-state index contributed by atoms with van der Waals surface area (Å²) in [6.07, 6.45) is 9.42. The van der Waals surface area contributed by atoms with E-state index in [1.54, 1.807) is 6.20 Å². The van der Waals surface area contributed by atoms with Crippen molar-refractivity contribution < 1.29 is 0 Å². The highest BCUT2D eigenvalue weighted by Gasteiger charge is 2.13. The van der Waals surface area contributed by atoms with Gasteiger partial charge in [0.1, 0.15) is 0 Å². The first-order valence-corrected chi connectivity index (χ1v) is 9.04. The summed E-state index contributed by atoms with van der Waals surface area (Å²) in [5.41, 5.74) is 2.30. The van der Waals surface area contributed by atoms with Crippen molar-refractivity contribution in [1.29, 1.82) is 0 Å². The summed E-state index contributed by atoms with van der Waals surface area (Å²) in [5.74, 6) is 1.79. The highest BCUT2D eigenvalue weighted by atomic mass is 15.3. The number of para-hydroxylation sites is 1. The van der Waals surface area contributed by atoms with Crippen molar-refractivity contribution in [2.24, 2.45) is 0 Å². The molecule has 3 rings (SSSR count). The van der Waals surface area contributed by atoms with Crippen LogP contribution in [-0.2, 0) is 0 Å². The van der Waals surface area contributed by atoms with Gasteiger partial charge in [-0.15, -0.1) is 5.10 Å². The first kappa shape index (κ1) is 16.7. The van der Waals surface area contributed by atoms with E-state index in [0.717, 1.165) is 11.5 Å². The molecule has 1 aliphatic carbocycles. The van der Waals surface area contributed by atoms with Crippen LogP contribution in [-0.4, -0.2) is 21.2 Å². The van der Waals surface area contributed by atoms with Gasteiger partial charge in [0, 0.05) is 11.7 Å². The van der Waals surface area contributed by atoms with Gasteiger partial charge >= 0.3 is 0 Å². The van der Waals surface area contributed by atoms with Gasteiger partial charge in [0.25, 0.3) is 0 Å². The Labute approximate surface area is 144 Å². The van der Waals surface area contributed by atoms with Crippen LogP contribution < -0.4 is 10.6 Å². The van der Waals surface area contributed by atoms with Crippen LogP contribution in [0.4, 0.5) is 17.5 Å². The summed E-state index contributed by atoms with van der Waals surface area (Å²) in [5, 5.41) is 15.1. The first-order chi connectivity index (χ1) is 11.7. The summed E-state index contributed by atoms with van der Waals surface area (Å²) in [4.78, 5) is 4.60. The lowest BCUT2D eigenvalue weighted by molar-refractivity contribution is 0.617. The lowest BCUT2D eigenvalue weighted by atomic mass is 10.0. The molecule has 2 N–H and O–H groups in total. The number of benzene rings is 1. The minimum absolute atomic E-state index is 0.439. The van der Waals surface area contributed by atoms with Crippen LogP contribution in [0, 0.1) is 0 Å². The van der Waals surface area contributed by atoms with Crippen LogP contribution in [0.2, 0.25) is 0 Å². The molecule has 0 unspecified atom stereocenters. The van der Waals surface area contributed by atoms with Crippen molar-refractivity contribution in [2.45, 2.75) is 64.3 Å². The van der Waals surface area contributed by atoms with E-state index in [1.165, 1.54) is 44.1 Å². The Kier molecular flexibility index (Phi) is 5.62. The molecule has 1 aliphatic rings. The highest BCUT2D eigenvalue weighted by Crippen LogP contribution is 2.26. The largest absolute Gasteiger partial charge is 0.366 e. The fraction of sp³-hybridized carbons (Fsp3) is 0.526. The van der Waals surface area contributed by atoms with E-state index in [1.807, 2.05) is 6.07 Å². The van der Waals surface area contributed by atoms with E-state index in [9.17, 15) is 0 Å². The molecule has 1 fully saturated rings. The summed E-state index contributed by atoms with van der Waals surface area (Å²) in [6, 6.07) is 8.77. The predicted octanol–water partition coefficient (Wildman–Crippen LogP) is 4.87. The maximum atomic E-state index is 4.60. The average molecular weight is 325 g/mol. The van der Waals surface area contributed by atoms with Gasteiger partial charge in [0.2, 0.25) is 5.95 Å². The standard InChI is InChI=1S/C19H27N5/c1-14(2)16-11-7-8-12-17(16)22-19-23-18(13-20-24-19)21-15-9-5-3-4-6-10-15/h7-8,11-15H,3-6,9-10H2,1-2H3,(H2,21,22,23,24). The molecule has 0 amide bonds. The zero-order chi connectivity index (χ0) is 16.8. The first-order valence-electron chi connectivity index (χ1n) is 9.04. The number of aromatic nitrogens is 3. The smallest absolute Gasteiger partial charge is 0.249 e. The van der Waals surface area contributed by atoms with Gasteiger partial charge in [-0.05, 0) is 30.4 Å². The maximum Gasteiger partial charge on any atom is 0.249 e. The number of hydrogen-bond donors (Lipinski definition) is 2. The van der Waals surface area contributed by atoms with Gasteiger partial charge in [-0.2, -0.15) is 10.1 Å². The quantitative estimate of drug-likeness (QED) is 0.768. The number of nitrogens with one attached hydrogen (secondary N) is 2. The number of rotatable bonds is 5. The van der Waals surface area contributed by atoms with Crippen LogP contribution >= 0.6 is 0 Å². The van der Waals surface area contributed by atoms with E-state index in [2.05, 4.69) is 57.9 Å². The molecule has 0 bridgehead atoms. The Balaban J connectivity index is 1.71. The summed E-state index contributed by atoms with van der Waals surface area (Å²) >= 11 is 0. The Bertz CT molecular complexity index is 648. The third-order valence-electron chi connectivity index (χ3n) is 4.60. The third kappa shape index (κ3) is 4.43. The molecule has 1 saturated carbocycles. The van der Waals surface area contributed by atoms with Gasteiger partial charge < -0.3 is 10.6 Å². The van der Waals surface area contributed by atoms with Crippen LogP contribution in [0.1, 0.15) is 63.9 Å². The molecule has 2 aromatic rings. The molecule has 1 heterocycles. The molecule has 5 nitrogen and oxygen atoms in total. The lowest BCUT2D eigenvalue weighted by Gasteiger charge is -2.17. The fourth-order valence-electron chi connectivity index (χ4n) is 3.29. The lowest BCUT2D eigenvalue weighted by Crippen LogP contribution is -2.19. The van der Waals surface area contributed by atoms with Crippen molar-refractivity contribution in [3.05, 3.63) is 36.0 Å². The number of anilines is 3. The van der Waals surface area contributed by atoms with E-state index >= 15 is 0 Å². The van der Waals surface area contributed by atoms with Gasteiger partial charge in [0.05, 0.1) is 6.20 Å². The Morgan fingerprint density at radius 2 is 1.79 bits per heavy atom. The van der Waals surface area contributed by atoms with Crippen molar-refractivity contribution >= 4 is 17.5 Å². The molecule has 1 aromatic heterocycles. The topological polar surface area (TPSA) is 62.7 Å². The van der Waals surface area contributed by atoms with Crippen molar-refractivity contribution in [3.63, 3.8) is 0 Å². The Morgan fingerprint density at radius 3 is 2.54 bits per heavy atom. The van der Waals surface area contributed by atoms with Crippen LogP contribution in [0.25, 0.3) is 0 Å². The van der Waals surface area contributed by atoms with Crippen molar-refractivity contribution in [1.82, 2.24) is 15.2 Å². The van der Waals surface area contributed by atoms with Gasteiger partial charge in [-0.1, -0.05) is 57.7 Å². The average Bonchev–Trinajstić information content (AvgIpc) is 2.84. The fourth-order valence-corrected chi connectivity index (χ4v) is 3.29. The summed E-state index contributed by atoms with van der Waals surface area (Å²) < 4.78 is 0. The van der Waals surface area contributed by atoms with Crippen LogP contribution in [0.5, 0.6) is 0 Å². The van der Waals surface area contributed by atoms with E-state index < -0.39 is 0 Å². The molecule has 1 aromatic carbocycles. The molecular formula is C19H27N5. The molecule has 0 radical (unpaired) electrons. The number of nitrogens with zero attached hydrogens (tertiary/aromatic N) is 3. The summed E-state index contributed by atoms with van der Waals surface area (Å²) in [6.45, 7) is 4.37. The normalized spacial score (nSPS) is 16.0. The predicted molar refractivity (Wildman–Crippen MR) is 98.8 cm³/mol. The Morgan fingerprint density at radius 1 is 1.04 bits per heavy atom.